The van der Waals surface area contributed by atoms with Gasteiger partial charge in [-0.2, -0.15) is 0 Å². The van der Waals surface area contributed by atoms with Crippen molar-refractivity contribution in [2.24, 2.45) is 0 Å². The molecule has 0 aliphatic heterocycles. The van der Waals surface area contributed by atoms with Crippen LogP contribution in [-0.2, 0) is 4.74 Å². The van der Waals surface area contributed by atoms with Crippen LogP contribution in [0.1, 0.15) is 23.3 Å². The normalized spacial score (nSPS) is 10.6. The average molecular weight is 309 g/mol. The fourth-order valence-electron chi connectivity index (χ4n) is 1.75. The van der Waals surface area contributed by atoms with Crippen molar-refractivity contribution in [1.29, 1.82) is 0 Å². The van der Waals surface area contributed by atoms with Crippen LogP contribution in [0.5, 0.6) is 0 Å². The number of carbonyl (C=O) groups is 1. The van der Waals surface area contributed by atoms with E-state index in [-0.39, 0.29) is 11.6 Å². The molecule has 21 heavy (non-hydrogen) atoms. The fourth-order valence-corrected chi connectivity index (χ4v) is 1.88. The Kier molecular flexibility index (Phi) is 5.71. The summed E-state index contributed by atoms with van der Waals surface area (Å²) in [6.45, 7) is 1.29. The van der Waals surface area contributed by atoms with Crippen molar-refractivity contribution in [3.8, 4) is 5.69 Å². The summed E-state index contributed by atoms with van der Waals surface area (Å²) >= 11 is 5.83. The first-order valence-electron chi connectivity index (χ1n) is 6.66. The third-order valence-electron chi connectivity index (χ3n) is 2.88. The predicted molar refractivity (Wildman–Crippen MR) is 79.8 cm³/mol. The zero-order valence-electron chi connectivity index (χ0n) is 11.8. The molecular formula is C14H17ClN4O2. The van der Waals surface area contributed by atoms with Crippen molar-refractivity contribution in [3.05, 3.63) is 41.2 Å². The second-order valence-electron chi connectivity index (χ2n) is 4.48. The predicted octanol–water partition coefficient (Wildman–Crippen LogP) is 2.08. The van der Waals surface area contributed by atoms with E-state index in [1.165, 1.54) is 4.68 Å². The molecule has 1 heterocycles. The van der Waals surface area contributed by atoms with E-state index in [0.717, 1.165) is 18.5 Å². The number of hydrogen-bond donors (Lipinski definition) is 1. The maximum absolute atomic E-state index is 11.9. The summed E-state index contributed by atoms with van der Waals surface area (Å²) in [5.74, 6) is -0.229. The number of methoxy groups -OCH3 is 1. The third-order valence-corrected chi connectivity index (χ3v) is 3.13. The van der Waals surface area contributed by atoms with Gasteiger partial charge in [0, 0.05) is 25.3 Å². The quantitative estimate of drug-likeness (QED) is 0.795. The number of aromatic nitrogens is 3. The standard InChI is InChI=1S/C14H17ClN4O2/c1-21-9-3-2-8-16-14(20)13-10-19(18-17-13)12-6-4-11(15)5-7-12/h4-7,10H,2-3,8-9H2,1H3,(H,16,20). The average Bonchev–Trinajstić information content (AvgIpc) is 2.97. The molecule has 6 nitrogen and oxygen atoms in total. The number of unbranched alkanes of at least 4 members (excludes halogenated alkanes) is 1. The van der Waals surface area contributed by atoms with Gasteiger partial charge in [-0.05, 0) is 37.1 Å². The van der Waals surface area contributed by atoms with E-state index in [1.807, 2.05) is 12.1 Å². The van der Waals surface area contributed by atoms with Crippen molar-refractivity contribution >= 4 is 17.5 Å². The molecular weight excluding hydrogens is 292 g/mol. The van der Waals surface area contributed by atoms with Crippen molar-refractivity contribution in [2.45, 2.75) is 12.8 Å². The molecule has 0 atom stereocenters. The number of nitrogens with one attached hydrogen (secondary N) is 1. The molecule has 0 aliphatic carbocycles. The molecule has 7 heteroatoms. The molecule has 1 amide bonds. The van der Waals surface area contributed by atoms with Crippen LogP contribution in [0.2, 0.25) is 5.02 Å². The molecule has 112 valence electrons. The first-order chi connectivity index (χ1) is 10.2. The summed E-state index contributed by atoms with van der Waals surface area (Å²) in [7, 11) is 1.66. The lowest BCUT2D eigenvalue weighted by Gasteiger charge is -2.02. The van der Waals surface area contributed by atoms with E-state index in [2.05, 4.69) is 15.6 Å². The van der Waals surface area contributed by atoms with E-state index in [9.17, 15) is 4.79 Å². The molecule has 2 rings (SSSR count). The smallest absolute Gasteiger partial charge is 0.273 e. The largest absolute Gasteiger partial charge is 0.385 e. The van der Waals surface area contributed by atoms with Gasteiger partial charge in [-0.1, -0.05) is 16.8 Å². The second-order valence-corrected chi connectivity index (χ2v) is 4.92. The number of benzene rings is 1. The van der Waals surface area contributed by atoms with E-state index < -0.39 is 0 Å². The summed E-state index contributed by atoms with van der Waals surface area (Å²) in [6.07, 6.45) is 3.37. The lowest BCUT2D eigenvalue weighted by molar-refractivity contribution is 0.0946. The highest BCUT2D eigenvalue weighted by molar-refractivity contribution is 6.30. The summed E-state index contributed by atoms with van der Waals surface area (Å²) < 4.78 is 6.48. The molecule has 0 saturated heterocycles. The first kappa shape index (κ1) is 15.5. The van der Waals surface area contributed by atoms with Crippen molar-refractivity contribution in [1.82, 2.24) is 20.3 Å². The topological polar surface area (TPSA) is 69.0 Å². The highest BCUT2D eigenvalue weighted by atomic mass is 35.5. The maximum atomic E-state index is 11.9. The molecule has 0 saturated carbocycles. The number of ether oxygens (including phenoxy) is 1. The van der Waals surface area contributed by atoms with Crippen LogP contribution in [0, 0.1) is 0 Å². The Hall–Kier alpha value is -1.92. The monoisotopic (exact) mass is 308 g/mol. The minimum atomic E-state index is -0.229. The van der Waals surface area contributed by atoms with Gasteiger partial charge in [-0.25, -0.2) is 4.68 Å². The van der Waals surface area contributed by atoms with Gasteiger partial charge in [0.1, 0.15) is 0 Å². The number of halogens is 1. The molecule has 1 aromatic heterocycles. The molecule has 1 N–H and O–H groups in total. The molecule has 0 aliphatic rings. The Bertz CT molecular complexity index is 583. The van der Waals surface area contributed by atoms with Crippen LogP contribution in [0.25, 0.3) is 5.69 Å². The summed E-state index contributed by atoms with van der Waals surface area (Å²) in [6, 6.07) is 7.13. The van der Waals surface area contributed by atoms with Gasteiger partial charge < -0.3 is 10.1 Å². The lowest BCUT2D eigenvalue weighted by Crippen LogP contribution is -2.25. The second kappa shape index (κ2) is 7.75. The van der Waals surface area contributed by atoms with Crippen molar-refractivity contribution < 1.29 is 9.53 Å². The Labute approximate surface area is 128 Å². The van der Waals surface area contributed by atoms with Crippen LogP contribution in [0.3, 0.4) is 0 Å². The number of carbonyl (C=O) groups excluding carboxylic acids is 1. The molecule has 0 spiro atoms. The van der Waals surface area contributed by atoms with Gasteiger partial charge in [0.25, 0.3) is 5.91 Å². The van der Waals surface area contributed by atoms with Crippen LogP contribution in [0.15, 0.2) is 30.5 Å². The van der Waals surface area contributed by atoms with Crippen LogP contribution in [-0.4, -0.2) is 41.2 Å². The molecule has 0 fully saturated rings. The molecule has 1 aromatic carbocycles. The summed E-state index contributed by atoms with van der Waals surface area (Å²) in [5, 5.41) is 11.3. The van der Waals surface area contributed by atoms with Gasteiger partial charge in [0.15, 0.2) is 5.69 Å². The highest BCUT2D eigenvalue weighted by Gasteiger charge is 2.10. The molecule has 0 radical (unpaired) electrons. The summed E-state index contributed by atoms with van der Waals surface area (Å²) in [5.41, 5.74) is 1.09. The highest BCUT2D eigenvalue weighted by Crippen LogP contribution is 2.12. The van der Waals surface area contributed by atoms with Gasteiger partial charge in [0.2, 0.25) is 0 Å². The van der Waals surface area contributed by atoms with Crippen LogP contribution >= 0.6 is 11.6 Å². The van der Waals surface area contributed by atoms with Crippen LogP contribution in [0.4, 0.5) is 0 Å². The van der Waals surface area contributed by atoms with Gasteiger partial charge in [0.05, 0.1) is 11.9 Å². The number of nitrogens with zero attached hydrogens (tertiary/aromatic N) is 3. The zero-order valence-corrected chi connectivity index (χ0v) is 12.5. The van der Waals surface area contributed by atoms with Gasteiger partial charge in [-0.15, -0.1) is 5.10 Å². The first-order valence-corrected chi connectivity index (χ1v) is 7.04. The molecule has 0 unspecified atom stereocenters. The van der Waals surface area contributed by atoms with E-state index in [0.29, 0.717) is 18.2 Å². The SMILES string of the molecule is COCCCCNC(=O)c1cn(-c2ccc(Cl)cc2)nn1. The van der Waals surface area contributed by atoms with Crippen molar-refractivity contribution in [3.63, 3.8) is 0 Å². The van der Waals surface area contributed by atoms with Crippen LogP contribution < -0.4 is 5.32 Å². The van der Waals surface area contributed by atoms with Crippen molar-refractivity contribution in [2.75, 3.05) is 20.3 Å². The van der Waals surface area contributed by atoms with E-state index in [1.54, 1.807) is 25.4 Å². The Morgan fingerprint density at radius 3 is 2.81 bits per heavy atom. The molecule has 2 aromatic rings. The van der Waals surface area contributed by atoms with E-state index >= 15 is 0 Å². The van der Waals surface area contributed by atoms with Gasteiger partial charge >= 0.3 is 0 Å². The number of rotatable bonds is 7. The minimum absolute atomic E-state index is 0.229. The lowest BCUT2D eigenvalue weighted by atomic mass is 10.3. The minimum Gasteiger partial charge on any atom is -0.385 e. The summed E-state index contributed by atoms with van der Waals surface area (Å²) in [4.78, 5) is 11.9. The Balaban J connectivity index is 1.90. The zero-order chi connectivity index (χ0) is 15.1. The maximum Gasteiger partial charge on any atom is 0.273 e. The Morgan fingerprint density at radius 2 is 2.10 bits per heavy atom. The Morgan fingerprint density at radius 1 is 1.33 bits per heavy atom. The van der Waals surface area contributed by atoms with E-state index in [4.69, 9.17) is 16.3 Å². The number of amides is 1. The number of hydrogen-bond acceptors (Lipinski definition) is 4. The molecule has 0 bridgehead atoms. The fraction of sp³-hybridized carbons (Fsp3) is 0.357. The third kappa shape index (κ3) is 4.54. The van der Waals surface area contributed by atoms with Gasteiger partial charge in [-0.3, -0.25) is 4.79 Å².